The first-order valence-electron chi connectivity index (χ1n) is 6.61. The average molecular weight is 382 g/mol. The first kappa shape index (κ1) is 17.3. The molecule has 0 spiro atoms. The van der Waals surface area contributed by atoms with Crippen molar-refractivity contribution in [2.75, 3.05) is 6.54 Å². The second-order valence-electron chi connectivity index (χ2n) is 5.28. The van der Waals surface area contributed by atoms with Gasteiger partial charge in [0, 0.05) is 5.56 Å². The highest BCUT2D eigenvalue weighted by Gasteiger charge is 2.53. The summed E-state index contributed by atoms with van der Waals surface area (Å²) in [4.78, 5) is 24.2. The van der Waals surface area contributed by atoms with E-state index < -0.39 is 45.5 Å². The molecule has 13 heteroatoms. The van der Waals surface area contributed by atoms with Crippen LogP contribution in [0.3, 0.4) is 0 Å². The van der Waals surface area contributed by atoms with Gasteiger partial charge in [-0.15, -0.1) is 0 Å². The second-order valence-corrected chi connectivity index (χ2v) is 6.82. The number of carboxylic acids is 1. The zero-order chi connectivity index (χ0) is 18.7. The van der Waals surface area contributed by atoms with Gasteiger partial charge in [-0.3, -0.25) is 5.21 Å². The van der Waals surface area contributed by atoms with E-state index in [0.717, 1.165) is 17.0 Å². The van der Waals surface area contributed by atoms with Crippen LogP contribution >= 0.6 is 0 Å². The van der Waals surface area contributed by atoms with Crippen molar-refractivity contribution in [3.8, 4) is 5.75 Å². The van der Waals surface area contributed by atoms with Crippen molar-refractivity contribution >= 4 is 22.1 Å². The van der Waals surface area contributed by atoms with Crippen molar-refractivity contribution in [2.24, 2.45) is 0 Å². The van der Waals surface area contributed by atoms with Gasteiger partial charge >= 0.3 is 27.6 Å². The van der Waals surface area contributed by atoms with Crippen molar-refractivity contribution in [1.82, 2.24) is 9.96 Å². The summed E-state index contributed by atoms with van der Waals surface area (Å²) in [5, 5.41) is 19.3. The number of amides is 2. The van der Waals surface area contributed by atoms with Gasteiger partial charge in [-0.2, -0.15) is 26.7 Å². The monoisotopic (exact) mass is 382 g/mol. The van der Waals surface area contributed by atoms with Crippen LogP contribution in [0.25, 0.3) is 0 Å². The van der Waals surface area contributed by atoms with Gasteiger partial charge in [-0.05, 0) is 11.6 Å². The maximum absolute atomic E-state index is 12.6. The maximum atomic E-state index is 12.6. The number of hydrogen-bond donors (Lipinski definition) is 2. The number of fused-ring (bicyclic) bond motifs is 4. The topological polar surface area (TPSA) is 124 Å². The number of carbonyl (C=O) groups is 2. The Bertz CT molecular complexity index is 870. The van der Waals surface area contributed by atoms with E-state index in [1.165, 1.54) is 6.07 Å². The van der Waals surface area contributed by atoms with Crippen LogP contribution in [0.15, 0.2) is 18.2 Å². The summed E-state index contributed by atoms with van der Waals surface area (Å²) < 4.78 is 64.3. The zero-order valence-corrected chi connectivity index (χ0v) is 12.8. The smallest absolute Gasteiger partial charge is 0.479 e. The molecule has 1 saturated heterocycles. The average Bonchev–Trinajstić information content (AvgIpc) is 2.72. The van der Waals surface area contributed by atoms with E-state index in [2.05, 4.69) is 4.18 Å². The number of alkyl halides is 3. The summed E-state index contributed by atoms with van der Waals surface area (Å²) >= 11 is 0. The lowest BCUT2D eigenvalue weighted by Gasteiger charge is -2.30. The molecule has 1 aromatic rings. The number of nitrogens with zero attached hydrogens (tertiary/aromatic N) is 2. The fourth-order valence-corrected chi connectivity index (χ4v) is 3.34. The van der Waals surface area contributed by atoms with E-state index in [0.29, 0.717) is 0 Å². The van der Waals surface area contributed by atoms with Gasteiger partial charge in [-0.1, -0.05) is 12.1 Å². The summed E-state index contributed by atoms with van der Waals surface area (Å²) in [7, 11) is -6.02. The molecule has 1 fully saturated rings. The van der Waals surface area contributed by atoms with Crippen LogP contribution in [0, 0.1) is 0 Å². The first-order valence-corrected chi connectivity index (χ1v) is 8.01. The molecule has 0 aromatic heterocycles. The fourth-order valence-electron chi connectivity index (χ4n) is 2.86. The third-order valence-electron chi connectivity index (χ3n) is 3.86. The summed E-state index contributed by atoms with van der Waals surface area (Å²) in [6.07, 6.45) is 0. The van der Waals surface area contributed by atoms with Gasteiger partial charge in [0.1, 0.15) is 11.8 Å². The van der Waals surface area contributed by atoms with Crippen LogP contribution in [-0.2, 0) is 14.9 Å². The molecule has 2 aliphatic heterocycles. The number of hydroxylamine groups is 2. The van der Waals surface area contributed by atoms with Crippen molar-refractivity contribution < 1.29 is 45.7 Å². The molecule has 2 atom stereocenters. The number of carbonyl (C=O) groups excluding carboxylic acids is 1. The lowest BCUT2D eigenvalue weighted by atomic mass is 9.90. The van der Waals surface area contributed by atoms with Gasteiger partial charge < -0.3 is 14.2 Å². The summed E-state index contributed by atoms with van der Waals surface area (Å²) in [5.41, 5.74) is -6.16. The molecule has 0 saturated carbocycles. The predicted molar refractivity (Wildman–Crippen MR) is 70.9 cm³/mol. The van der Waals surface area contributed by atoms with Crippen LogP contribution in [-0.4, -0.2) is 52.7 Å². The van der Waals surface area contributed by atoms with E-state index in [-0.39, 0.29) is 22.7 Å². The summed E-state index contributed by atoms with van der Waals surface area (Å²) in [6.45, 7) is -0.355. The van der Waals surface area contributed by atoms with Crippen LogP contribution < -0.4 is 4.18 Å². The number of carboxylic acid groups (broad SMARTS) is 1. The minimum Gasteiger partial charge on any atom is -0.479 e. The molecule has 2 unspecified atom stereocenters. The highest BCUT2D eigenvalue weighted by molar-refractivity contribution is 7.88. The molecule has 1 aromatic carbocycles. The molecule has 3 rings (SSSR count). The Morgan fingerprint density at radius 3 is 2.52 bits per heavy atom. The van der Waals surface area contributed by atoms with E-state index in [9.17, 15) is 41.5 Å². The molecule has 25 heavy (non-hydrogen) atoms. The Balaban J connectivity index is 2.17. The number of urea groups is 1. The number of hydrogen-bond acceptors (Lipinski definition) is 6. The molecule has 2 aliphatic rings. The second kappa shape index (κ2) is 5.23. The highest BCUT2D eigenvalue weighted by atomic mass is 32.2. The molecule has 2 amide bonds. The molecular weight excluding hydrogens is 373 g/mol. The molecule has 0 aliphatic carbocycles. The lowest BCUT2D eigenvalue weighted by Crippen LogP contribution is -2.38. The molecule has 9 nitrogen and oxygen atoms in total. The highest BCUT2D eigenvalue weighted by Crippen LogP contribution is 2.47. The van der Waals surface area contributed by atoms with Gasteiger partial charge in [0.2, 0.25) is 0 Å². The van der Waals surface area contributed by atoms with Crippen molar-refractivity contribution in [3.63, 3.8) is 0 Å². The number of aliphatic carboxylic acids is 1. The SMILES string of the molecule is O=C(O)C1c2cccc(OS(=O)(=O)C(F)(F)F)c2C2CN1C(=O)N2O. The quantitative estimate of drug-likeness (QED) is 0.458. The molecular formula is C12H9F3N2O7S. The fraction of sp³-hybridized carbons (Fsp3) is 0.333. The van der Waals surface area contributed by atoms with Crippen LogP contribution in [0.5, 0.6) is 5.75 Å². The molecule has 2 bridgehead atoms. The van der Waals surface area contributed by atoms with Crippen LogP contribution in [0.2, 0.25) is 0 Å². The van der Waals surface area contributed by atoms with Crippen LogP contribution in [0.4, 0.5) is 18.0 Å². The molecule has 0 radical (unpaired) electrons. The minimum atomic E-state index is -6.02. The zero-order valence-electron chi connectivity index (χ0n) is 12.0. The van der Waals surface area contributed by atoms with Gasteiger partial charge in [0.05, 0.1) is 6.54 Å². The van der Waals surface area contributed by atoms with Gasteiger partial charge in [0.15, 0.2) is 6.04 Å². The lowest BCUT2D eigenvalue weighted by molar-refractivity contribution is -0.142. The van der Waals surface area contributed by atoms with E-state index in [1.807, 2.05) is 0 Å². The van der Waals surface area contributed by atoms with E-state index in [1.54, 1.807) is 0 Å². The third-order valence-corrected chi connectivity index (χ3v) is 4.83. The molecule has 136 valence electrons. The molecule has 2 N–H and O–H groups in total. The molecule has 2 heterocycles. The van der Waals surface area contributed by atoms with Crippen molar-refractivity contribution in [1.29, 1.82) is 0 Å². The standard InChI is InChI=1S/C12H9F3N2O7S/c13-12(14,15)25(22,23)24-7-3-1-2-5-8(7)6-4-16(9(5)10(18)19)11(20)17(6)21/h1-3,6,9,21H,4H2,(H,18,19). The Labute approximate surface area is 137 Å². The van der Waals surface area contributed by atoms with E-state index in [4.69, 9.17) is 0 Å². The third kappa shape index (κ3) is 2.46. The summed E-state index contributed by atoms with van der Waals surface area (Å²) in [5.74, 6) is -2.31. The Morgan fingerprint density at radius 1 is 1.32 bits per heavy atom. The minimum absolute atomic E-state index is 0.134. The van der Waals surface area contributed by atoms with Crippen molar-refractivity contribution in [2.45, 2.75) is 17.6 Å². The normalized spacial score (nSPS) is 22.8. The summed E-state index contributed by atoms with van der Waals surface area (Å²) in [6, 6.07) is -0.766. The Kier molecular flexibility index (Phi) is 3.61. The Hall–Kier alpha value is -2.54. The maximum Gasteiger partial charge on any atom is 0.534 e. The van der Waals surface area contributed by atoms with E-state index >= 15 is 0 Å². The largest absolute Gasteiger partial charge is 0.534 e. The van der Waals surface area contributed by atoms with Crippen molar-refractivity contribution in [3.05, 3.63) is 29.3 Å². The number of benzene rings is 1. The Morgan fingerprint density at radius 2 is 1.96 bits per heavy atom. The predicted octanol–water partition coefficient (Wildman–Crippen LogP) is 1.22. The first-order chi connectivity index (χ1) is 11.5. The van der Waals surface area contributed by atoms with Crippen LogP contribution in [0.1, 0.15) is 23.2 Å². The van der Waals surface area contributed by atoms with Gasteiger partial charge in [0.25, 0.3) is 0 Å². The number of rotatable bonds is 3. The number of halogens is 3. The van der Waals surface area contributed by atoms with Gasteiger partial charge in [-0.25, -0.2) is 9.59 Å².